The molecule has 0 unspecified atom stereocenters. The van der Waals surface area contributed by atoms with Gasteiger partial charge in [0.15, 0.2) is 0 Å². The summed E-state index contributed by atoms with van der Waals surface area (Å²) in [6, 6.07) is 10.3. The number of rotatable bonds is 4. The van der Waals surface area contributed by atoms with Crippen LogP contribution in [0.25, 0.3) is 0 Å². The van der Waals surface area contributed by atoms with Crippen LogP contribution in [-0.4, -0.2) is 12.0 Å². The number of aromatic nitrogens is 1. The fourth-order valence-corrected chi connectivity index (χ4v) is 2.53. The summed E-state index contributed by atoms with van der Waals surface area (Å²) in [5.74, 6) is 0.492. The van der Waals surface area contributed by atoms with Crippen molar-refractivity contribution in [1.29, 1.82) is 0 Å². The Morgan fingerprint density at radius 1 is 1.31 bits per heavy atom. The van der Waals surface area contributed by atoms with Gasteiger partial charge in [-0.1, -0.05) is 18.2 Å². The summed E-state index contributed by atoms with van der Waals surface area (Å²) in [5.41, 5.74) is 2.16. The number of anilines is 1. The maximum absolute atomic E-state index is 5.72. The van der Waals surface area contributed by atoms with Crippen molar-refractivity contribution in [3.63, 3.8) is 0 Å². The van der Waals surface area contributed by atoms with Crippen LogP contribution in [0.2, 0.25) is 0 Å². The largest absolute Gasteiger partial charge is 0.368 e. The van der Waals surface area contributed by atoms with Crippen molar-refractivity contribution in [3.8, 4) is 0 Å². The first-order chi connectivity index (χ1) is 7.79. The van der Waals surface area contributed by atoms with Gasteiger partial charge in [-0.25, -0.2) is 4.98 Å². The molecule has 0 aliphatic carbocycles. The average Bonchev–Trinajstić information content (AvgIpc) is 2.78. The zero-order valence-electron chi connectivity index (χ0n) is 9.06. The number of halogens is 1. The van der Waals surface area contributed by atoms with E-state index in [1.807, 2.05) is 23.6 Å². The highest BCUT2D eigenvalue weighted by molar-refractivity contribution is 7.09. The SMILES string of the molecule is CN(Cc1nc(CCl)cs1)c1ccccc1. The lowest BCUT2D eigenvalue weighted by molar-refractivity contribution is 0.904. The zero-order chi connectivity index (χ0) is 11.4. The summed E-state index contributed by atoms with van der Waals surface area (Å²) in [7, 11) is 2.07. The van der Waals surface area contributed by atoms with Crippen LogP contribution in [0.15, 0.2) is 35.7 Å². The Morgan fingerprint density at radius 3 is 2.69 bits per heavy atom. The number of benzene rings is 1. The highest BCUT2D eigenvalue weighted by atomic mass is 35.5. The molecule has 2 rings (SSSR count). The Balaban J connectivity index is 2.05. The van der Waals surface area contributed by atoms with Crippen LogP contribution in [0.4, 0.5) is 5.69 Å². The molecule has 0 bridgehead atoms. The van der Waals surface area contributed by atoms with E-state index in [1.54, 1.807) is 11.3 Å². The lowest BCUT2D eigenvalue weighted by Crippen LogP contribution is -2.15. The van der Waals surface area contributed by atoms with Gasteiger partial charge in [0, 0.05) is 18.1 Å². The molecular weight excluding hydrogens is 240 g/mol. The van der Waals surface area contributed by atoms with E-state index in [2.05, 4.69) is 29.1 Å². The molecule has 0 saturated carbocycles. The summed E-state index contributed by atoms with van der Waals surface area (Å²) >= 11 is 7.38. The van der Waals surface area contributed by atoms with Crippen molar-refractivity contribution in [2.24, 2.45) is 0 Å². The molecule has 2 aromatic rings. The van der Waals surface area contributed by atoms with Gasteiger partial charge in [-0.2, -0.15) is 0 Å². The monoisotopic (exact) mass is 252 g/mol. The van der Waals surface area contributed by atoms with E-state index in [0.717, 1.165) is 17.2 Å². The predicted molar refractivity (Wildman–Crippen MR) is 70.2 cm³/mol. The van der Waals surface area contributed by atoms with Crippen molar-refractivity contribution in [1.82, 2.24) is 4.98 Å². The van der Waals surface area contributed by atoms with Gasteiger partial charge in [-0.05, 0) is 12.1 Å². The van der Waals surface area contributed by atoms with Crippen LogP contribution in [0, 0.1) is 0 Å². The van der Waals surface area contributed by atoms with Gasteiger partial charge in [0.1, 0.15) is 5.01 Å². The first-order valence-corrected chi connectivity index (χ1v) is 6.46. The molecular formula is C12H13ClN2S. The smallest absolute Gasteiger partial charge is 0.112 e. The van der Waals surface area contributed by atoms with E-state index in [9.17, 15) is 0 Å². The second kappa shape index (κ2) is 5.32. The van der Waals surface area contributed by atoms with E-state index in [-0.39, 0.29) is 0 Å². The minimum Gasteiger partial charge on any atom is -0.368 e. The van der Waals surface area contributed by atoms with Crippen LogP contribution in [0.3, 0.4) is 0 Å². The summed E-state index contributed by atoms with van der Waals surface area (Å²) in [6.45, 7) is 0.825. The van der Waals surface area contributed by atoms with Crippen molar-refractivity contribution in [3.05, 3.63) is 46.4 Å². The van der Waals surface area contributed by atoms with Crippen LogP contribution < -0.4 is 4.90 Å². The minimum atomic E-state index is 0.492. The highest BCUT2D eigenvalue weighted by Gasteiger charge is 2.05. The molecule has 0 radical (unpaired) electrons. The van der Waals surface area contributed by atoms with Crippen molar-refractivity contribution in [2.45, 2.75) is 12.4 Å². The lowest BCUT2D eigenvalue weighted by atomic mass is 10.3. The molecule has 1 heterocycles. The molecule has 0 saturated heterocycles. The quantitative estimate of drug-likeness (QED) is 0.774. The van der Waals surface area contributed by atoms with Crippen molar-refractivity contribution >= 4 is 28.6 Å². The second-order valence-corrected chi connectivity index (χ2v) is 4.77. The fourth-order valence-electron chi connectivity index (χ4n) is 1.46. The van der Waals surface area contributed by atoms with Gasteiger partial charge in [-0.3, -0.25) is 0 Å². The Kier molecular flexibility index (Phi) is 3.80. The summed E-state index contributed by atoms with van der Waals surface area (Å²) in [6.07, 6.45) is 0. The van der Waals surface area contributed by atoms with E-state index in [0.29, 0.717) is 5.88 Å². The predicted octanol–water partition coefficient (Wildman–Crippen LogP) is 3.52. The third kappa shape index (κ3) is 2.74. The fraction of sp³-hybridized carbons (Fsp3) is 0.250. The van der Waals surface area contributed by atoms with Gasteiger partial charge in [0.2, 0.25) is 0 Å². The number of alkyl halides is 1. The molecule has 0 N–H and O–H groups in total. The Hall–Kier alpha value is -1.06. The third-order valence-electron chi connectivity index (χ3n) is 2.31. The number of nitrogens with zero attached hydrogens (tertiary/aromatic N) is 2. The molecule has 0 spiro atoms. The summed E-state index contributed by atoms with van der Waals surface area (Å²) in [5, 5.41) is 3.11. The van der Waals surface area contributed by atoms with Crippen LogP contribution in [0.5, 0.6) is 0 Å². The molecule has 2 nitrogen and oxygen atoms in total. The maximum atomic E-state index is 5.72. The molecule has 0 fully saturated rings. The van der Waals surface area contributed by atoms with Gasteiger partial charge in [0.25, 0.3) is 0 Å². The third-order valence-corrected chi connectivity index (χ3v) is 3.46. The number of thiazole rings is 1. The second-order valence-electron chi connectivity index (χ2n) is 3.56. The van der Waals surface area contributed by atoms with E-state index >= 15 is 0 Å². The first kappa shape index (κ1) is 11.4. The van der Waals surface area contributed by atoms with E-state index < -0.39 is 0 Å². The van der Waals surface area contributed by atoms with Gasteiger partial charge >= 0.3 is 0 Å². The summed E-state index contributed by atoms with van der Waals surface area (Å²) in [4.78, 5) is 6.62. The number of para-hydroxylation sites is 1. The first-order valence-electron chi connectivity index (χ1n) is 5.05. The van der Waals surface area contributed by atoms with Gasteiger partial charge < -0.3 is 4.90 Å². The van der Waals surface area contributed by atoms with Gasteiger partial charge in [0.05, 0.1) is 18.1 Å². The van der Waals surface area contributed by atoms with Crippen LogP contribution in [0.1, 0.15) is 10.7 Å². The minimum absolute atomic E-state index is 0.492. The molecule has 16 heavy (non-hydrogen) atoms. The molecule has 84 valence electrons. The molecule has 0 atom stereocenters. The molecule has 1 aromatic heterocycles. The number of hydrogen-bond acceptors (Lipinski definition) is 3. The van der Waals surface area contributed by atoms with Crippen LogP contribution >= 0.6 is 22.9 Å². The Bertz CT molecular complexity index is 441. The Morgan fingerprint density at radius 2 is 2.06 bits per heavy atom. The molecule has 1 aromatic carbocycles. The highest BCUT2D eigenvalue weighted by Crippen LogP contribution is 2.17. The van der Waals surface area contributed by atoms with Crippen molar-refractivity contribution in [2.75, 3.05) is 11.9 Å². The van der Waals surface area contributed by atoms with Gasteiger partial charge in [-0.15, -0.1) is 22.9 Å². The lowest BCUT2D eigenvalue weighted by Gasteiger charge is -2.17. The van der Waals surface area contributed by atoms with Crippen LogP contribution in [-0.2, 0) is 12.4 Å². The standard InChI is InChI=1S/C12H13ClN2S/c1-15(11-5-3-2-4-6-11)8-12-14-10(7-13)9-16-12/h2-6,9H,7-8H2,1H3. The average molecular weight is 253 g/mol. The van der Waals surface area contributed by atoms with E-state index in [4.69, 9.17) is 11.6 Å². The van der Waals surface area contributed by atoms with E-state index in [1.165, 1.54) is 5.69 Å². The topological polar surface area (TPSA) is 16.1 Å². The molecule has 0 aliphatic rings. The molecule has 4 heteroatoms. The zero-order valence-corrected chi connectivity index (χ0v) is 10.6. The Labute approximate surface area is 105 Å². The normalized spacial score (nSPS) is 10.4. The maximum Gasteiger partial charge on any atom is 0.112 e. The summed E-state index contributed by atoms with van der Waals surface area (Å²) < 4.78 is 0. The number of hydrogen-bond donors (Lipinski definition) is 0. The molecule has 0 aliphatic heterocycles. The van der Waals surface area contributed by atoms with Crippen molar-refractivity contribution < 1.29 is 0 Å². The molecule has 0 amide bonds.